The monoisotopic (exact) mass is 245 g/mol. The van der Waals surface area contributed by atoms with E-state index in [1.165, 1.54) is 30.4 Å². The third-order valence-electron chi connectivity index (χ3n) is 4.27. The summed E-state index contributed by atoms with van der Waals surface area (Å²) in [5.41, 5.74) is 2.87. The molecule has 98 valence electrons. The zero-order valence-corrected chi connectivity index (χ0v) is 10.9. The number of hydrogen-bond donors (Lipinski definition) is 2. The fraction of sp³-hybridized carbons (Fsp3) is 0.625. The van der Waals surface area contributed by atoms with Crippen LogP contribution < -0.4 is 5.32 Å². The topological polar surface area (TPSA) is 32.3 Å². The van der Waals surface area contributed by atoms with Gasteiger partial charge in [0.25, 0.3) is 0 Å². The normalized spacial score (nSPS) is 28.3. The van der Waals surface area contributed by atoms with Gasteiger partial charge in [0.2, 0.25) is 0 Å². The molecule has 2 fully saturated rings. The Morgan fingerprint density at radius 2 is 1.83 bits per heavy atom. The smallest absolute Gasteiger partial charge is 0.0555 e. The Hall–Kier alpha value is -0.860. The molecule has 2 unspecified atom stereocenters. The Kier molecular flexibility index (Phi) is 3.67. The molecule has 0 radical (unpaired) electrons. The van der Waals surface area contributed by atoms with Crippen molar-refractivity contribution in [2.45, 2.75) is 63.1 Å². The largest absolute Gasteiger partial charge is 0.393 e. The highest BCUT2D eigenvalue weighted by Crippen LogP contribution is 2.39. The van der Waals surface area contributed by atoms with Gasteiger partial charge in [-0.25, -0.2) is 0 Å². The first-order valence-corrected chi connectivity index (χ1v) is 7.31. The van der Waals surface area contributed by atoms with Gasteiger partial charge < -0.3 is 10.4 Å². The predicted octanol–water partition coefficient (Wildman–Crippen LogP) is 2.96. The van der Waals surface area contributed by atoms with Gasteiger partial charge in [-0.2, -0.15) is 0 Å². The second-order valence-electron chi connectivity index (χ2n) is 5.91. The van der Waals surface area contributed by atoms with Crippen molar-refractivity contribution in [3.63, 3.8) is 0 Å². The molecule has 0 aliphatic heterocycles. The molecule has 18 heavy (non-hydrogen) atoms. The van der Waals surface area contributed by atoms with E-state index in [0.29, 0.717) is 6.04 Å². The van der Waals surface area contributed by atoms with Gasteiger partial charge in [-0.1, -0.05) is 24.3 Å². The molecule has 3 rings (SSSR count). The Balaban J connectivity index is 1.49. The van der Waals surface area contributed by atoms with E-state index in [2.05, 4.69) is 29.6 Å². The van der Waals surface area contributed by atoms with Gasteiger partial charge in [-0.05, 0) is 55.6 Å². The minimum atomic E-state index is -0.0894. The van der Waals surface area contributed by atoms with E-state index < -0.39 is 0 Å². The van der Waals surface area contributed by atoms with Gasteiger partial charge in [0.1, 0.15) is 0 Å². The summed E-state index contributed by atoms with van der Waals surface area (Å²) in [5, 5.41) is 13.2. The Morgan fingerprint density at radius 1 is 1.06 bits per heavy atom. The van der Waals surface area contributed by atoms with Crippen LogP contribution in [0.4, 0.5) is 0 Å². The molecule has 0 amide bonds. The summed E-state index contributed by atoms with van der Waals surface area (Å²) >= 11 is 0. The van der Waals surface area contributed by atoms with Crippen molar-refractivity contribution in [3.05, 3.63) is 35.4 Å². The highest BCUT2D eigenvalue weighted by Gasteiger charge is 2.23. The van der Waals surface area contributed by atoms with E-state index in [1.54, 1.807) is 0 Å². The van der Waals surface area contributed by atoms with Crippen molar-refractivity contribution in [1.29, 1.82) is 0 Å². The van der Waals surface area contributed by atoms with Crippen LogP contribution in [0.2, 0.25) is 0 Å². The van der Waals surface area contributed by atoms with Crippen LogP contribution in [0.3, 0.4) is 0 Å². The maximum atomic E-state index is 9.64. The lowest BCUT2D eigenvalue weighted by atomic mass is 9.93. The van der Waals surface area contributed by atoms with Crippen LogP contribution in [-0.4, -0.2) is 17.3 Å². The van der Waals surface area contributed by atoms with E-state index in [-0.39, 0.29) is 6.10 Å². The first-order chi connectivity index (χ1) is 8.81. The number of aliphatic hydroxyl groups is 1. The molecule has 0 saturated heterocycles. The number of benzene rings is 1. The fourth-order valence-corrected chi connectivity index (χ4v) is 2.94. The predicted molar refractivity (Wildman–Crippen MR) is 73.5 cm³/mol. The Morgan fingerprint density at radius 3 is 2.50 bits per heavy atom. The molecule has 1 aromatic rings. The SMILES string of the molecule is OC1CCCC(NCc2ccc(C3CC3)cc2)C1. The minimum absolute atomic E-state index is 0.0894. The zero-order chi connectivity index (χ0) is 12.4. The molecule has 1 aromatic carbocycles. The summed E-state index contributed by atoms with van der Waals surface area (Å²) in [6.07, 6.45) is 6.91. The van der Waals surface area contributed by atoms with Crippen LogP contribution in [-0.2, 0) is 6.54 Å². The number of nitrogens with one attached hydrogen (secondary N) is 1. The molecule has 0 heterocycles. The molecule has 2 heteroatoms. The lowest BCUT2D eigenvalue weighted by molar-refractivity contribution is 0.111. The molecule has 2 atom stereocenters. The highest BCUT2D eigenvalue weighted by atomic mass is 16.3. The molecule has 2 aliphatic rings. The average Bonchev–Trinajstić information content (AvgIpc) is 3.21. The summed E-state index contributed by atoms with van der Waals surface area (Å²) in [5.74, 6) is 0.848. The Labute approximate surface area is 109 Å². The van der Waals surface area contributed by atoms with Crippen LogP contribution in [0.25, 0.3) is 0 Å². The van der Waals surface area contributed by atoms with Crippen molar-refractivity contribution in [1.82, 2.24) is 5.32 Å². The van der Waals surface area contributed by atoms with Crippen LogP contribution in [0.1, 0.15) is 55.6 Å². The van der Waals surface area contributed by atoms with E-state index in [4.69, 9.17) is 0 Å². The van der Waals surface area contributed by atoms with Gasteiger partial charge in [0.05, 0.1) is 6.10 Å². The first kappa shape index (κ1) is 12.2. The summed E-state index contributed by atoms with van der Waals surface area (Å²) < 4.78 is 0. The lowest BCUT2D eigenvalue weighted by Crippen LogP contribution is -2.35. The van der Waals surface area contributed by atoms with Crippen LogP contribution >= 0.6 is 0 Å². The van der Waals surface area contributed by atoms with Crippen LogP contribution in [0, 0.1) is 0 Å². The second kappa shape index (κ2) is 5.41. The number of hydrogen-bond acceptors (Lipinski definition) is 2. The molecule has 0 bridgehead atoms. The molecule has 2 N–H and O–H groups in total. The zero-order valence-electron chi connectivity index (χ0n) is 10.9. The molecule has 0 aromatic heterocycles. The van der Waals surface area contributed by atoms with Crippen molar-refractivity contribution < 1.29 is 5.11 Å². The summed E-state index contributed by atoms with van der Waals surface area (Å²) in [6.45, 7) is 0.933. The molecule has 2 nitrogen and oxygen atoms in total. The maximum absolute atomic E-state index is 9.64. The quantitative estimate of drug-likeness (QED) is 0.855. The fourth-order valence-electron chi connectivity index (χ4n) is 2.94. The van der Waals surface area contributed by atoms with E-state index >= 15 is 0 Å². The first-order valence-electron chi connectivity index (χ1n) is 7.31. The standard InChI is InChI=1S/C16H23NO/c18-16-3-1-2-15(10-16)17-11-12-4-6-13(7-5-12)14-8-9-14/h4-7,14-18H,1-3,8-11H2. The van der Waals surface area contributed by atoms with E-state index in [1.807, 2.05) is 0 Å². The van der Waals surface area contributed by atoms with Crippen LogP contribution in [0.15, 0.2) is 24.3 Å². The van der Waals surface area contributed by atoms with Gasteiger partial charge >= 0.3 is 0 Å². The van der Waals surface area contributed by atoms with Crippen molar-refractivity contribution in [3.8, 4) is 0 Å². The second-order valence-corrected chi connectivity index (χ2v) is 5.91. The minimum Gasteiger partial charge on any atom is -0.393 e. The van der Waals surface area contributed by atoms with E-state index in [0.717, 1.165) is 31.7 Å². The molecular weight excluding hydrogens is 222 g/mol. The molecule has 2 saturated carbocycles. The summed E-state index contributed by atoms with van der Waals surface area (Å²) in [4.78, 5) is 0. The van der Waals surface area contributed by atoms with Gasteiger partial charge in [0, 0.05) is 12.6 Å². The van der Waals surface area contributed by atoms with Crippen LogP contribution in [0.5, 0.6) is 0 Å². The van der Waals surface area contributed by atoms with Gasteiger partial charge in [-0.15, -0.1) is 0 Å². The lowest BCUT2D eigenvalue weighted by Gasteiger charge is -2.26. The highest BCUT2D eigenvalue weighted by molar-refractivity contribution is 5.28. The molecular formula is C16H23NO. The third-order valence-corrected chi connectivity index (χ3v) is 4.27. The number of aliphatic hydroxyl groups excluding tert-OH is 1. The third kappa shape index (κ3) is 3.12. The summed E-state index contributed by atoms with van der Waals surface area (Å²) in [6, 6.07) is 9.56. The van der Waals surface area contributed by atoms with E-state index in [9.17, 15) is 5.11 Å². The summed E-state index contributed by atoms with van der Waals surface area (Å²) in [7, 11) is 0. The van der Waals surface area contributed by atoms with Gasteiger partial charge in [-0.3, -0.25) is 0 Å². The van der Waals surface area contributed by atoms with Crippen molar-refractivity contribution in [2.24, 2.45) is 0 Å². The van der Waals surface area contributed by atoms with Gasteiger partial charge in [0.15, 0.2) is 0 Å². The Bertz CT molecular complexity index is 383. The molecule has 0 spiro atoms. The van der Waals surface area contributed by atoms with Crippen molar-refractivity contribution >= 4 is 0 Å². The van der Waals surface area contributed by atoms with Crippen molar-refractivity contribution in [2.75, 3.05) is 0 Å². The number of rotatable bonds is 4. The maximum Gasteiger partial charge on any atom is 0.0555 e. The molecule has 2 aliphatic carbocycles. The average molecular weight is 245 g/mol.